The maximum Gasteiger partial charge on any atom is 0.315 e. The molecule has 2 fully saturated rings. The molecule has 0 radical (unpaired) electrons. The summed E-state index contributed by atoms with van der Waals surface area (Å²) in [5.74, 6) is -2.87. The molecular weight excluding hydrogens is 675 g/mol. The number of rotatable bonds is 15. The summed E-state index contributed by atoms with van der Waals surface area (Å²) in [6, 6.07) is -0.572. The minimum atomic E-state index is -3.67. The summed E-state index contributed by atoms with van der Waals surface area (Å²) in [4.78, 5) is 69.4. The number of carbonyl (C=O) groups is 5. The molecule has 4 N–H and O–H groups in total. The molecule has 1 aliphatic carbocycles. The van der Waals surface area contributed by atoms with Crippen LogP contribution in [0.3, 0.4) is 0 Å². The molecule has 0 bridgehead atoms. The van der Waals surface area contributed by atoms with Gasteiger partial charge in [0.1, 0.15) is 23.6 Å². The molecule has 1 aromatic rings. The second kappa shape index (κ2) is 17.2. The van der Waals surface area contributed by atoms with Crippen LogP contribution in [0.5, 0.6) is 0 Å². The number of nitrogens with one attached hydrogen (secondary N) is 4. The predicted molar refractivity (Wildman–Crippen MR) is 195 cm³/mol. The van der Waals surface area contributed by atoms with E-state index in [1.807, 2.05) is 48.5 Å². The first-order chi connectivity index (χ1) is 23.7. The fraction of sp³-hybridized carbons (Fsp3) is 0.703. The molecule has 2 heterocycles. The van der Waals surface area contributed by atoms with Crippen LogP contribution in [-0.2, 0) is 34.8 Å². The maximum atomic E-state index is 14.6. The van der Waals surface area contributed by atoms with Gasteiger partial charge in [0.2, 0.25) is 17.6 Å². The first-order valence-corrected chi connectivity index (χ1v) is 19.9. The number of likely N-dealkylation sites (tertiary alicyclic amines) is 1. The van der Waals surface area contributed by atoms with E-state index in [9.17, 15) is 32.4 Å². The Bertz CT molecular complexity index is 1510. The highest BCUT2D eigenvalue weighted by molar-refractivity contribution is 7.90. The molecule has 1 saturated heterocycles. The van der Waals surface area contributed by atoms with E-state index in [2.05, 4.69) is 27.8 Å². The van der Waals surface area contributed by atoms with Crippen LogP contribution < -0.4 is 21.3 Å². The summed E-state index contributed by atoms with van der Waals surface area (Å²) in [7, 11) is -3.67. The van der Waals surface area contributed by atoms with Crippen molar-refractivity contribution in [3.05, 3.63) is 36.8 Å². The highest BCUT2D eigenvalue weighted by atomic mass is 32.2. The van der Waals surface area contributed by atoms with Gasteiger partial charge in [0.25, 0.3) is 5.91 Å². The summed E-state index contributed by atoms with van der Waals surface area (Å²) in [5.41, 5.74) is -2.17. The van der Waals surface area contributed by atoms with Gasteiger partial charge in [-0.3, -0.25) is 19.2 Å². The van der Waals surface area contributed by atoms with Gasteiger partial charge in [0.05, 0.1) is 23.6 Å². The highest BCUT2D eigenvalue weighted by Crippen LogP contribution is 2.40. The Morgan fingerprint density at radius 3 is 2.33 bits per heavy atom. The third-order valence-corrected chi connectivity index (χ3v) is 12.1. The third-order valence-electron chi connectivity index (χ3n) is 10.3. The summed E-state index contributed by atoms with van der Waals surface area (Å²) in [6.07, 6.45) is 7.27. The van der Waals surface area contributed by atoms with Gasteiger partial charge in [0.15, 0.2) is 9.84 Å². The fourth-order valence-corrected chi connectivity index (χ4v) is 8.94. The number of Topliss-reactive ketones (excluding diaryl/α,β-unsaturated/α-hetero) is 1. The summed E-state index contributed by atoms with van der Waals surface area (Å²) in [6.45, 7) is 17.2. The molecule has 286 valence electrons. The SMILES string of the molecule is C=CCNC(=O)C(=O)C(CCC)NC(=O)[C@@H]1CC(C)(C)C(C)CN1C(=O)[C@@H](NC(=O)NC1(CS(=O)(=O)Cc2ccco2)CCCCC1)C(C)(C)C. The Morgan fingerprint density at radius 1 is 1.10 bits per heavy atom. The van der Waals surface area contributed by atoms with Crippen molar-refractivity contribution in [2.75, 3.05) is 18.8 Å². The van der Waals surface area contributed by atoms with Crippen molar-refractivity contribution in [1.29, 1.82) is 0 Å². The molecule has 3 rings (SSSR count). The number of carbonyl (C=O) groups excluding carboxylic acids is 5. The third kappa shape index (κ3) is 11.4. The first-order valence-electron chi connectivity index (χ1n) is 18.1. The number of furan rings is 1. The zero-order valence-electron chi connectivity index (χ0n) is 31.4. The Hall–Kier alpha value is -3.68. The molecule has 13 nitrogen and oxygen atoms in total. The highest BCUT2D eigenvalue weighted by Gasteiger charge is 2.48. The Kier molecular flexibility index (Phi) is 14.1. The van der Waals surface area contributed by atoms with E-state index in [-0.39, 0.29) is 42.3 Å². The van der Waals surface area contributed by atoms with E-state index < -0.39 is 68.5 Å². The van der Waals surface area contributed by atoms with Crippen LogP contribution in [-0.4, -0.2) is 85.4 Å². The minimum Gasteiger partial charge on any atom is -0.468 e. The van der Waals surface area contributed by atoms with Crippen molar-refractivity contribution in [2.45, 2.75) is 129 Å². The summed E-state index contributed by atoms with van der Waals surface area (Å²) in [5, 5.41) is 11.1. The number of hydrogen-bond donors (Lipinski definition) is 4. The predicted octanol–water partition coefficient (Wildman–Crippen LogP) is 4.03. The van der Waals surface area contributed by atoms with Crippen LogP contribution >= 0.6 is 0 Å². The number of nitrogens with zero attached hydrogens (tertiary/aromatic N) is 1. The molecule has 2 aliphatic rings. The maximum absolute atomic E-state index is 14.6. The molecular formula is C37H59N5O8S. The van der Waals surface area contributed by atoms with Crippen molar-refractivity contribution in [3.8, 4) is 0 Å². The number of amides is 5. The number of ketones is 1. The normalized spacial score (nSPS) is 21.4. The van der Waals surface area contributed by atoms with Gasteiger partial charge in [-0.25, -0.2) is 13.2 Å². The number of sulfone groups is 1. The molecule has 0 spiro atoms. The Labute approximate surface area is 303 Å². The Morgan fingerprint density at radius 2 is 1.76 bits per heavy atom. The van der Waals surface area contributed by atoms with Gasteiger partial charge in [-0.05, 0) is 54.6 Å². The first kappa shape index (κ1) is 41.7. The second-order valence-electron chi connectivity index (χ2n) is 16.2. The van der Waals surface area contributed by atoms with Gasteiger partial charge in [-0.1, -0.05) is 80.2 Å². The van der Waals surface area contributed by atoms with Gasteiger partial charge >= 0.3 is 6.03 Å². The molecule has 2 unspecified atom stereocenters. The van der Waals surface area contributed by atoms with Gasteiger partial charge in [-0.2, -0.15) is 0 Å². The summed E-state index contributed by atoms with van der Waals surface area (Å²) < 4.78 is 31.9. The zero-order chi connectivity index (χ0) is 38.2. The lowest BCUT2D eigenvalue weighted by molar-refractivity contribution is -0.151. The van der Waals surface area contributed by atoms with E-state index in [0.29, 0.717) is 31.4 Å². The van der Waals surface area contributed by atoms with Crippen molar-refractivity contribution < 1.29 is 36.8 Å². The lowest BCUT2D eigenvalue weighted by Crippen LogP contribution is -2.66. The van der Waals surface area contributed by atoms with Crippen LogP contribution in [0.15, 0.2) is 35.5 Å². The van der Waals surface area contributed by atoms with Crippen molar-refractivity contribution in [3.63, 3.8) is 0 Å². The minimum absolute atomic E-state index is 0.0115. The molecule has 14 heteroatoms. The van der Waals surface area contributed by atoms with E-state index >= 15 is 0 Å². The van der Waals surface area contributed by atoms with E-state index in [1.165, 1.54) is 17.2 Å². The van der Waals surface area contributed by atoms with Crippen LogP contribution in [0.25, 0.3) is 0 Å². The number of hydrogen-bond acceptors (Lipinski definition) is 8. The molecule has 1 saturated carbocycles. The van der Waals surface area contributed by atoms with Crippen LogP contribution in [0, 0.1) is 16.7 Å². The molecule has 4 atom stereocenters. The molecule has 51 heavy (non-hydrogen) atoms. The van der Waals surface area contributed by atoms with Gasteiger partial charge in [-0.15, -0.1) is 6.58 Å². The standard InChI is InChI=1S/C37H59N5O8S/c1-9-15-27(29(43)32(45)38-19-10-2)39-31(44)28-21-36(7,8)25(3)22-42(28)33(46)30(35(4,5)6)40-34(47)41-37(17-12-11-13-18-37)24-51(48,49)23-26-16-14-20-50-26/h10,14,16,20,25,27-28,30H,2,9,11-13,15,17-19,21-24H2,1,3-8H3,(H,38,45)(H,39,44)(H2,40,41,47)/t25?,27?,28-,30+/m0/s1. The van der Waals surface area contributed by atoms with E-state index in [1.54, 1.807) is 12.1 Å². The number of piperidine rings is 1. The van der Waals surface area contributed by atoms with E-state index in [0.717, 1.165) is 19.3 Å². The number of urea groups is 1. The monoisotopic (exact) mass is 733 g/mol. The van der Waals surface area contributed by atoms with Crippen molar-refractivity contribution in [1.82, 2.24) is 26.2 Å². The van der Waals surface area contributed by atoms with Gasteiger partial charge < -0.3 is 30.6 Å². The van der Waals surface area contributed by atoms with E-state index in [4.69, 9.17) is 4.42 Å². The largest absolute Gasteiger partial charge is 0.468 e. The van der Waals surface area contributed by atoms with Crippen molar-refractivity contribution >= 4 is 39.4 Å². The lowest BCUT2D eigenvalue weighted by Gasteiger charge is -2.49. The lowest BCUT2D eigenvalue weighted by atomic mass is 9.71. The van der Waals surface area contributed by atoms with Crippen LogP contribution in [0.4, 0.5) is 4.79 Å². The average molecular weight is 734 g/mol. The van der Waals surface area contributed by atoms with Crippen LogP contribution in [0.1, 0.15) is 106 Å². The topological polar surface area (TPSA) is 184 Å². The van der Waals surface area contributed by atoms with Crippen molar-refractivity contribution in [2.24, 2.45) is 16.7 Å². The summed E-state index contributed by atoms with van der Waals surface area (Å²) >= 11 is 0. The molecule has 5 amide bonds. The smallest absolute Gasteiger partial charge is 0.315 e. The van der Waals surface area contributed by atoms with Crippen LogP contribution in [0.2, 0.25) is 0 Å². The molecule has 1 aliphatic heterocycles. The zero-order valence-corrected chi connectivity index (χ0v) is 32.2. The molecule has 0 aromatic carbocycles. The fourth-order valence-electron chi connectivity index (χ4n) is 7.03. The molecule has 1 aromatic heterocycles. The van der Waals surface area contributed by atoms with Gasteiger partial charge in [0, 0.05) is 13.1 Å². The Balaban J connectivity index is 1.87. The quantitative estimate of drug-likeness (QED) is 0.154. The average Bonchev–Trinajstić information content (AvgIpc) is 3.54. The second-order valence-corrected chi connectivity index (χ2v) is 18.2.